The zero-order valence-corrected chi connectivity index (χ0v) is 13.7. The van der Waals surface area contributed by atoms with E-state index in [0.717, 1.165) is 4.47 Å². The van der Waals surface area contributed by atoms with Crippen molar-refractivity contribution >= 4 is 48.3 Å². The van der Waals surface area contributed by atoms with Gasteiger partial charge in [-0.1, -0.05) is 28.1 Å². The highest BCUT2D eigenvalue weighted by Gasteiger charge is 2.12. The van der Waals surface area contributed by atoms with E-state index >= 15 is 0 Å². The normalized spacial score (nSPS) is 12.4. The molecule has 0 radical (unpaired) electrons. The summed E-state index contributed by atoms with van der Waals surface area (Å²) in [5.41, 5.74) is 6.95. The van der Waals surface area contributed by atoms with Crippen LogP contribution in [0.15, 0.2) is 50.2 Å². The summed E-state index contributed by atoms with van der Waals surface area (Å²) in [6.45, 7) is 0. The second-order valence-electron chi connectivity index (χ2n) is 3.88. The van der Waals surface area contributed by atoms with Crippen molar-refractivity contribution in [3.05, 3.63) is 56.7 Å². The van der Waals surface area contributed by atoms with Gasteiger partial charge in [-0.05, 0) is 45.8 Å². The van der Waals surface area contributed by atoms with Crippen LogP contribution in [0.1, 0.15) is 5.56 Å². The molecule has 0 aromatic heterocycles. The lowest BCUT2D eigenvalue weighted by Crippen LogP contribution is -2.02. The number of anilines is 1. The molecule has 2 nitrogen and oxygen atoms in total. The zero-order chi connectivity index (χ0) is 14.0. The number of nitrogens with two attached hydrogens (primary N) is 1. The first-order valence-corrected chi connectivity index (χ1v) is 8.26. The van der Waals surface area contributed by atoms with Gasteiger partial charge in [-0.25, -0.2) is 4.39 Å². The van der Waals surface area contributed by atoms with Crippen molar-refractivity contribution in [2.75, 3.05) is 5.73 Å². The molecule has 6 heteroatoms. The summed E-state index contributed by atoms with van der Waals surface area (Å²) in [7, 11) is -1.32. The molecule has 0 saturated carbocycles. The molecule has 19 heavy (non-hydrogen) atoms. The Kier molecular flexibility index (Phi) is 4.76. The molecule has 1 unspecified atom stereocenters. The van der Waals surface area contributed by atoms with Crippen molar-refractivity contribution in [2.45, 2.75) is 10.6 Å². The van der Waals surface area contributed by atoms with E-state index in [9.17, 15) is 8.60 Å². The van der Waals surface area contributed by atoms with Crippen molar-refractivity contribution < 1.29 is 8.60 Å². The Balaban J connectivity index is 2.28. The summed E-state index contributed by atoms with van der Waals surface area (Å²) in [6, 6.07) is 9.88. The molecule has 0 saturated heterocycles. The molecule has 0 aliphatic carbocycles. The van der Waals surface area contributed by atoms with Crippen molar-refractivity contribution in [2.24, 2.45) is 0 Å². The number of halogens is 3. The van der Waals surface area contributed by atoms with Gasteiger partial charge >= 0.3 is 0 Å². The molecule has 0 heterocycles. The van der Waals surface area contributed by atoms with Gasteiger partial charge in [0, 0.05) is 10.2 Å². The van der Waals surface area contributed by atoms with Crippen molar-refractivity contribution in [1.29, 1.82) is 0 Å². The third kappa shape index (κ3) is 3.43. The van der Waals surface area contributed by atoms with Crippen LogP contribution in [-0.2, 0) is 16.6 Å². The van der Waals surface area contributed by atoms with Gasteiger partial charge in [0.15, 0.2) is 0 Å². The second-order valence-corrected chi connectivity index (χ2v) is 7.01. The Bertz CT molecular complexity index is 649. The van der Waals surface area contributed by atoms with Gasteiger partial charge in [-0.15, -0.1) is 0 Å². The van der Waals surface area contributed by atoms with Gasteiger partial charge in [0.25, 0.3) is 0 Å². The summed E-state index contributed by atoms with van der Waals surface area (Å²) in [5.74, 6) is -0.150. The molecule has 2 aromatic rings. The summed E-state index contributed by atoms with van der Waals surface area (Å²) < 4.78 is 26.8. The highest BCUT2D eigenvalue weighted by atomic mass is 79.9. The number of hydrogen-bond acceptors (Lipinski definition) is 2. The fourth-order valence-electron chi connectivity index (χ4n) is 1.61. The van der Waals surface area contributed by atoms with Crippen LogP contribution in [0.5, 0.6) is 0 Å². The number of hydrogen-bond donors (Lipinski definition) is 1. The van der Waals surface area contributed by atoms with E-state index in [1.807, 2.05) is 0 Å². The molecule has 100 valence electrons. The van der Waals surface area contributed by atoms with Crippen molar-refractivity contribution in [3.63, 3.8) is 0 Å². The first kappa shape index (κ1) is 14.7. The molecule has 2 N–H and O–H groups in total. The molecule has 0 amide bonds. The predicted octanol–water partition coefficient (Wildman–Crippen LogP) is 4.24. The smallest absolute Gasteiger partial charge is 0.137 e. The maximum Gasteiger partial charge on any atom is 0.137 e. The van der Waals surface area contributed by atoms with Gasteiger partial charge in [-0.3, -0.25) is 4.21 Å². The van der Waals surface area contributed by atoms with Gasteiger partial charge in [0.2, 0.25) is 0 Å². The maximum absolute atomic E-state index is 13.4. The predicted molar refractivity (Wildman–Crippen MR) is 82.8 cm³/mol. The number of benzene rings is 2. The van der Waals surface area contributed by atoms with E-state index in [0.29, 0.717) is 20.6 Å². The van der Waals surface area contributed by atoms with E-state index in [1.165, 1.54) is 6.07 Å². The molecular weight excluding hydrogens is 397 g/mol. The summed E-state index contributed by atoms with van der Waals surface area (Å²) in [6.07, 6.45) is 0. The van der Waals surface area contributed by atoms with Crippen LogP contribution in [0.3, 0.4) is 0 Å². The lowest BCUT2D eigenvalue weighted by atomic mass is 10.2. The van der Waals surface area contributed by atoms with Gasteiger partial charge < -0.3 is 5.73 Å². The third-order valence-corrected chi connectivity index (χ3v) is 5.35. The first-order valence-electron chi connectivity index (χ1n) is 5.35. The minimum absolute atomic E-state index is 0.212. The largest absolute Gasteiger partial charge is 0.398 e. The average Bonchev–Trinajstić information content (AvgIpc) is 2.34. The zero-order valence-electron chi connectivity index (χ0n) is 9.70. The highest BCUT2D eigenvalue weighted by molar-refractivity contribution is 9.10. The monoisotopic (exact) mass is 405 g/mol. The Hall–Kier alpha value is -0.720. The van der Waals surface area contributed by atoms with Crippen LogP contribution in [0, 0.1) is 5.82 Å². The molecule has 0 spiro atoms. The molecule has 2 aromatic carbocycles. The summed E-state index contributed by atoms with van der Waals surface area (Å²) in [4.78, 5) is 0.555. The minimum atomic E-state index is -1.32. The topological polar surface area (TPSA) is 43.1 Å². The quantitative estimate of drug-likeness (QED) is 0.774. The number of rotatable bonds is 3. The van der Waals surface area contributed by atoms with Crippen molar-refractivity contribution in [1.82, 2.24) is 0 Å². The first-order chi connectivity index (χ1) is 8.99. The molecule has 0 aliphatic rings. The van der Waals surface area contributed by atoms with Gasteiger partial charge in [-0.2, -0.15) is 0 Å². The van der Waals surface area contributed by atoms with Crippen LogP contribution < -0.4 is 5.73 Å². The van der Waals surface area contributed by atoms with E-state index < -0.39 is 10.8 Å². The average molecular weight is 407 g/mol. The number of nitrogen functional groups attached to an aromatic ring is 1. The van der Waals surface area contributed by atoms with Crippen LogP contribution in [-0.4, -0.2) is 4.21 Å². The molecule has 0 aliphatic heterocycles. The summed E-state index contributed by atoms with van der Waals surface area (Å²) >= 11 is 6.46. The lowest BCUT2D eigenvalue weighted by Gasteiger charge is -2.08. The Morgan fingerprint density at radius 2 is 1.95 bits per heavy atom. The second kappa shape index (κ2) is 6.15. The van der Waals surface area contributed by atoms with E-state index in [1.54, 1.807) is 30.3 Å². The van der Waals surface area contributed by atoms with Crippen molar-refractivity contribution in [3.8, 4) is 0 Å². The maximum atomic E-state index is 13.4. The van der Waals surface area contributed by atoms with Crippen LogP contribution >= 0.6 is 31.9 Å². The molecule has 1 atom stereocenters. The van der Waals surface area contributed by atoms with E-state index in [-0.39, 0.29) is 11.6 Å². The third-order valence-electron chi connectivity index (χ3n) is 2.54. The SMILES string of the molecule is Nc1cc(Br)ccc1S(=O)Cc1cccc(F)c1Br. The Morgan fingerprint density at radius 3 is 2.63 bits per heavy atom. The minimum Gasteiger partial charge on any atom is -0.398 e. The summed E-state index contributed by atoms with van der Waals surface area (Å²) in [5, 5.41) is 0. The Morgan fingerprint density at radius 1 is 1.21 bits per heavy atom. The van der Waals surface area contributed by atoms with E-state index in [4.69, 9.17) is 5.73 Å². The molecule has 0 bridgehead atoms. The Labute approximate surface area is 129 Å². The molecule has 0 fully saturated rings. The fraction of sp³-hybridized carbons (Fsp3) is 0.0769. The molecule has 2 rings (SSSR count). The fourth-order valence-corrected chi connectivity index (χ4v) is 3.79. The lowest BCUT2D eigenvalue weighted by molar-refractivity contribution is 0.619. The van der Waals surface area contributed by atoms with Gasteiger partial charge in [0.1, 0.15) is 5.82 Å². The van der Waals surface area contributed by atoms with Crippen LogP contribution in [0.4, 0.5) is 10.1 Å². The standard InChI is InChI=1S/C13H10Br2FNOS/c14-9-4-5-12(11(17)6-9)19(18)7-8-2-1-3-10(16)13(8)15/h1-6H,7,17H2. The van der Waals surface area contributed by atoms with Crippen LogP contribution in [0.25, 0.3) is 0 Å². The highest BCUT2D eigenvalue weighted by Crippen LogP contribution is 2.26. The van der Waals surface area contributed by atoms with E-state index in [2.05, 4.69) is 31.9 Å². The molecular formula is C13H10Br2FNOS. The van der Waals surface area contributed by atoms with Crippen LogP contribution in [0.2, 0.25) is 0 Å². The van der Waals surface area contributed by atoms with Gasteiger partial charge in [0.05, 0.1) is 25.9 Å².